The summed E-state index contributed by atoms with van der Waals surface area (Å²) in [6.07, 6.45) is 0.674. The highest BCUT2D eigenvalue weighted by atomic mass is 19.1. The molecule has 0 aliphatic carbocycles. The average molecular weight is 294 g/mol. The zero-order valence-electron chi connectivity index (χ0n) is 11.5. The van der Waals surface area contributed by atoms with Crippen LogP contribution in [-0.2, 0) is 6.54 Å². The lowest BCUT2D eigenvalue weighted by atomic mass is 10.1. The van der Waals surface area contributed by atoms with Crippen molar-refractivity contribution >= 4 is 5.69 Å². The SMILES string of the molecule is NCCCN(Cc1cc(F)ccc1F)c1cccc(F)c1. The molecule has 5 heteroatoms. The first-order chi connectivity index (χ1) is 10.1. The molecule has 2 nitrogen and oxygen atoms in total. The summed E-state index contributed by atoms with van der Waals surface area (Å²) < 4.78 is 40.4. The van der Waals surface area contributed by atoms with Crippen molar-refractivity contribution in [2.24, 2.45) is 5.73 Å². The van der Waals surface area contributed by atoms with Gasteiger partial charge in [-0.25, -0.2) is 13.2 Å². The Bertz CT molecular complexity index is 602. The number of rotatable bonds is 6. The smallest absolute Gasteiger partial charge is 0.128 e. The van der Waals surface area contributed by atoms with Crippen molar-refractivity contribution in [3.8, 4) is 0 Å². The van der Waals surface area contributed by atoms with Crippen LogP contribution in [0.25, 0.3) is 0 Å². The largest absolute Gasteiger partial charge is 0.367 e. The van der Waals surface area contributed by atoms with E-state index in [1.807, 2.05) is 0 Å². The molecule has 0 radical (unpaired) electrons. The Morgan fingerprint density at radius 3 is 2.43 bits per heavy atom. The van der Waals surface area contributed by atoms with Crippen LogP contribution in [-0.4, -0.2) is 13.1 Å². The van der Waals surface area contributed by atoms with Crippen LogP contribution in [0.15, 0.2) is 42.5 Å². The third-order valence-corrected chi connectivity index (χ3v) is 3.17. The third kappa shape index (κ3) is 4.23. The Morgan fingerprint density at radius 2 is 1.71 bits per heavy atom. The summed E-state index contributed by atoms with van der Waals surface area (Å²) in [5.74, 6) is -1.35. The molecule has 0 heterocycles. The van der Waals surface area contributed by atoms with Crippen molar-refractivity contribution in [2.45, 2.75) is 13.0 Å². The van der Waals surface area contributed by atoms with Gasteiger partial charge in [0, 0.05) is 24.3 Å². The van der Waals surface area contributed by atoms with Crippen molar-refractivity contribution < 1.29 is 13.2 Å². The number of hydrogen-bond acceptors (Lipinski definition) is 2. The molecule has 0 aromatic heterocycles. The summed E-state index contributed by atoms with van der Waals surface area (Å²) in [7, 11) is 0. The maximum absolute atomic E-state index is 13.8. The molecule has 0 amide bonds. The molecular weight excluding hydrogens is 277 g/mol. The zero-order chi connectivity index (χ0) is 15.2. The van der Waals surface area contributed by atoms with Gasteiger partial charge in [-0.1, -0.05) is 6.07 Å². The van der Waals surface area contributed by atoms with Crippen molar-refractivity contribution in [3.05, 3.63) is 65.5 Å². The topological polar surface area (TPSA) is 29.3 Å². The molecular formula is C16H17F3N2. The summed E-state index contributed by atoms with van der Waals surface area (Å²) >= 11 is 0. The van der Waals surface area contributed by atoms with Gasteiger partial charge in [0.05, 0.1) is 0 Å². The average Bonchev–Trinajstić information content (AvgIpc) is 2.47. The Labute approximate surface area is 122 Å². The van der Waals surface area contributed by atoms with Crippen LogP contribution >= 0.6 is 0 Å². The number of benzene rings is 2. The van der Waals surface area contributed by atoms with Gasteiger partial charge in [0.15, 0.2) is 0 Å². The number of nitrogens with zero attached hydrogens (tertiary/aromatic N) is 1. The molecule has 112 valence electrons. The third-order valence-electron chi connectivity index (χ3n) is 3.17. The molecule has 0 unspecified atom stereocenters. The second-order valence-corrected chi connectivity index (χ2v) is 4.78. The highest BCUT2D eigenvalue weighted by Gasteiger charge is 2.12. The first-order valence-corrected chi connectivity index (χ1v) is 6.74. The van der Waals surface area contributed by atoms with Gasteiger partial charge in [-0.3, -0.25) is 0 Å². The Hall–Kier alpha value is -2.01. The van der Waals surface area contributed by atoms with Gasteiger partial charge >= 0.3 is 0 Å². The van der Waals surface area contributed by atoms with E-state index >= 15 is 0 Å². The monoisotopic (exact) mass is 294 g/mol. The Morgan fingerprint density at radius 1 is 0.952 bits per heavy atom. The second-order valence-electron chi connectivity index (χ2n) is 4.78. The number of hydrogen-bond donors (Lipinski definition) is 1. The van der Waals surface area contributed by atoms with Crippen LogP contribution in [0, 0.1) is 17.5 Å². The van der Waals surface area contributed by atoms with Crippen molar-refractivity contribution in [2.75, 3.05) is 18.0 Å². The van der Waals surface area contributed by atoms with E-state index in [-0.39, 0.29) is 17.9 Å². The predicted octanol–water partition coefficient (Wildman–Crippen LogP) is 3.46. The maximum atomic E-state index is 13.8. The lowest BCUT2D eigenvalue weighted by Gasteiger charge is -2.25. The summed E-state index contributed by atoms with van der Waals surface area (Å²) in [6, 6.07) is 9.35. The van der Waals surface area contributed by atoms with E-state index < -0.39 is 11.6 Å². The van der Waals surface area contributed by atoms with Gasteiger partial charge in [-0.05, 0) is 49.4 Å². The molecule has 0 saturated carbocycles. The van der Waals surface area contributed by atoms with E-state index in [9.17, 15) is 13.2 Å². The molecule has 2 N–H and O–H groups in total. The first kappa shape index (κ1) is 15.4. The molecule has 0 fully saturated rings. The molecule has 2 aromatic rings. The van der Waals surface area contributed by atoms with Gasteiger partial charge in [-0.15, -0.1) is 0 Å². The lowest BCUT2D eigenvalue weighted by Crippen LogP contribution is -2.26. The molecule has 21 heavy (non-hydrogen) atoms. The fourth-order valence-electron chi connectivity index (χ4n) is 2.12. The Kier molecular flexibility index (Phi) is 5.22. The van der Waals surface area contributed by atoms with Gasteiger partial charge in [0.25, 0.3) is 0 Å². The maximum Gasteiger partial charge on any atom is 0.128 e. The fraction of sp³-hybridized carbons (Fsp3) is 0.250. The minimum Gasteiger partial charge on any atom is -0.367 e. The van der Waals surface area contributed by atoms with E-state index in [0.717, 1.165) is 18.2 Å². The van der Waals surface area contributed by atoms with E-state index in [1.54, 1.807) is 17.0 Å². The van der Waals surface area contributed by atoms with Gasteiger partial charge in [-0.2, -0.15) is 0 Å². The molecule has 0 bridgehead atoms. The van der Waals surface area contributed by atoms with Crippen LogP contribution in [0.1, 0.15) is 12.0 Å². The molecule has 0 spiro atoms. The highest BCUT2D eigenvalue weighted by molar-refractivity contribution is 5.47. The summed E-state index contributed by atoms with van der Waals surface area (Å²) in [5.41, 5.74) is 6.35. The van der Waals surface area contributed by atoms with Crippen molar-refractivity contribution in [1.82, 2.24) is 0 Å². The minimum absolute atomic E-state index is 0.160. The Balaban J connectivity index is 2.25. The van der Waals surface area contributed by atoms with Crippen LogP contribution in [0.4, 0.5) is 18.9 Å². The predicted molar refractivity (Wildman–Crippen MR) is 77.5 cm³/mol. The van der Waals surface area contributed by atoms with Crippen molar-refractivity contribution in [1.29, 1.82) is 0 Å². The quantitative estimate of drug-likeness (QED) is 0.884. The fourth-order valence-corrected chi connectivity index (χ4v) is 2.12. The number of nitrogens with two attached hydrogens (primary N) is 1. The number of halogens is 3. The summed E-state index contributed by atoms with van der Waals surface area (Å²) in [6.45, 7) is 1.17. The highest BCUT2D eigenvalue weighted by Crippen LogP contribution is 2.20. The molecule has 2 aromatic carbocycles. The molecule has 0 aliphatic heterocycles. The van der Waals surface area contributed by atoms with Gasteiger partial charge < -0.3 is 10.6 Å². The van der Waals surface area contributed by atoms with Crippen molar-refractivity contribution in [3.63, 3.8) is 0 Å². The van der Waals surface area contributed by atoms with Crippen LogP contribution < -0.4 is 10.6 Å². The van der Waals surface area contributed by atoms with Gasteiger partial charge in [0.2, 0.25) is 0 Å². The van der Waals surface area contributed by atoms with Gasteiger partial charge in [0.1, 0.15) is 17.5 Å². The second kappa shape index (κ2) is 7.13. The van der Waals surface area contributed by atoms with E-state index in [0.29, 0.717) is 25.2 Å². The van der Waals surface area contributed by atoms with E-state index in [1.165, 1.54) is 12.1 Å². The molecule has 2 rings (SSSR count). The van der Waals surface area contributed by atoms with E-state index in [4.69, 9.17) is 5.73 Å². The minimum atomic E-state index is -0.496. The van der Waals surface area contributed by atoms with E-state index in [2.05, 4.69) is 0 Å². The lowest BCUT2D eigenvalue weighted by molar-refractivity contribution is 0.579. The van der Waals surface area contributed by atoms with Crippen LogP contribution in [0.2, 0.25) is 0 Å². The standard InChI is InChI=1S/C16H17F3N2/c17-13-3-1-4-15(10-13)21(8-2-7-20)11-12-9-14(18)5-6-16(12)19/h1,3-6,9-10H,2,7-8,11,20H2. The molecule has 0 aliphatic rings. The van der Waals surface area contributed by atoms with Crippen LogP contribution in [0.3, 0.4) is 0 Å². The van der Waals surface area contributed by atoms with Crippen LogP contribution in [0.5, 0.6) is 0 Å². The molecule has 0 atom stereocenters. The zero-order valence-corrected chi connectivity index (χ0v) is 11.5. The number of anilines is 1. The summed E-state index contributed by atoms with van der Waals surface area (Å²) in [4.78, 5) is 1.79. The molecule has 0 saturated heterocycles. The summed E-state index contributed by atoms with van der Waals surface area (Å²) in [5, 5.41) is 0. The normalized spacial score (nSPS) is 10.7. The first-order valence-electron chi connectivity index (χ1n) is 6.74.